The van der Waals surface area contributed by atoms with Crippen LogP contribution in [0.1, 0.15) is 39.0 Å². The molecule has 2 rings (SSSR count). The van der Waals surface area contributed by atoms with Crippen molar-refractivity contribution in [2.45, 2.75) is 44.6 Å². The molecule has 19 heavy (non-hydrogen) atoms. The summed E-state index contributed by atoms with van der Waals surface area (Å²) in [7, 11) is 0. The average Bonchev–Trinajstić information content (AvgIpc) is 3.14. The van der Waals surface area contributed by atoms with Gasteiger partial charge >= 0.3 is 0 Å². The lowest BCUT2D eigenvalue weighted by molar-refractivity contribution is -0.137. The maximum atomic E-state index is 12.1. The Hall–Kier alpha value is -0.810. The van der Waals surface area contributed by atoms with Crippen LogP contribution in [0.5, 0.6) is 0 Å². The van der Waals surface area contributed by atoms with E-state index in [0.717, 1.165) is 38.6 Å². The Morgan fingerprint density at radius 3 is 2.68 bits per heavy atom. The zero-order chi connectivity index (χ0) is 13.2. The lowest BCUT2D eigenvalue weighted by Crippen LogP contribution is -2.51. The van der Waals surface area contributed by atoms with E-state index in [1.165, 1.54) is 0 Å². The first-order valence-electron chi connectivity index (χ1n) is 6.93. The van der Waals surface area contributed by atoms with Crippen LogP contribution in [-0.2, 0) is 9.59 Å². The highest BCUT2D eigenvalue weighted by Gasteiger charge is 2.48. The molecule has 2 fully saturated rings. The topological polar surface area (TPSA) is 75.4 Å². The smallest absolute Gasteiger partial charge is 0.242 e. The number of piperidine rings is 1. The Kier molecular flexibility index (Phi) is 5.62. The minimum absolute atomic E-state index is 0. The zero-order valence-corrected chi connectivity index (χ0v) is 12.3. The highest BCUT2D eigenvalue weighted by Crippen LogP contribution is 2.35. The number of hydrogen-bond donors (Lipinski definition) is 2. The molecule has 1 saturated carbocycles. The normalized spacial score (nSPS) is 24.3. The first-order valence-corrected chi connectivity index (χ1v) is 6.93. The van der Waals surface area contributed by atoms with Gasteiger partial charge in [0.1, 0.15) is 0 Å². The van der Waals surface area contributed by atoms with E-state index in [1.54, 1.807) is 4.90 Å². The lowest BCUT2D eigenvalue weighted by atomic mass is 9.96. The summed E-state index contributed by atoms with van der Waals surface area (Å²) in [4.78, 5) is 25.8. The SMILES string of the molecule is CCCNC(=O)C1CCCN(C(=O)C2(N)CC2)C1.Cl. The third-order valence-electron chi connectivity index (χ3n) is 3.84. The van der Waals surface area contributed by atoms with E-state index in [2.05, 4.69) is 5.32 Å². The molecule has 110 valence electrons. The molecule has 0 radical (unpaired) electrons. The standard InChI is InChI=1S/C13H23N3O2.ClH/c1-2-7-15-11(17)10-4-3-8-16(9-10)12(18)13(14)5-6-13;/h10H,2-9,14H2,1H3,(H,15,17);1H. The van der Waals surface area contributed by atoms with Gasteiger partial charge in [-0.05, 0) is 32.1 Å². The minimum Gasteiger partial charge on any atom is -0.356 e. The van der Waals surface area contributed by atoms with E-state index < -0.39 is 5.54 Å². The molecule has 1 aliphatic carbocycles. The van der Waals surface area contributed by atoms with Crippen LogP contribution in [0.3, 0.4) is 0 Å². The molecular weight excluding hydrogens is 266 g/mol. The van der Waals surface area contributed by atoms with Crippen molar-refractivity contribution in [3.63, 3.8) is 0 Å². The molecule has 1 atom stereocenters. The van der Waals surface area contributed by atoms with E-state index in [0.29, 0.717) is 13.1 Å². The van der Waals surface area contributed by atoms with Crippen LogP contribution in [-0.4, -0.2) is 41.9 Å². The predicted octanol–water partition coefficient (Wildman–Crippen LogP) is 0.664. The quantitative estimate of drug-likeness (QED) is 0.798. The molecular formula is C13H24ClN3O2. The summed E-state index contributed by atoms with van der Waals surface area (Å²) >= 11 is 0. The Labute approximate surface area is 120 Å². The van der Waals surface area contributed by atoms with Gasteiger partial charge in [-0.3, -0.25) is 9.59 Å². The van der Waals surface area contributed by atoms with Crippen LogP contribution in [0.2, 0.25) is 0 Å². The van der Waals surface area contributed by atoms with Gasteiger partial charge in [0, 0.05) is 19.6 Å². The van der Waals surface area contributed by atoms with Crippen molar-refractivity contribution in [3.8, 4) is 0 Å². The number of likely N-dealkylation sites (tertiary alicyclic amines) is 1. The minimum atomic E-state index is -0.609. The van der Waals surface area contributed by atoms with Crippen molar-refractivity contribution in [3.05, 3.63) is 0 Å². The van der Waals surface area contributed by atoms with Crippen molar-refractivity contribution in [1.29, 1.82) is 0 Å². The molecule has 1 unspecified atom stereocenters. The third-order valence-corrected chi connectivity index (χ3v) is 3.84. The van der Waals surface area contributed by atoms with Crippen molar-refractivity contribution in [1.82, 2.24) is 10.2 Å². The number of halogens is 1. The second kappa shape index (κ2) is 6.57. The van der Waals surface area contributed by atoms with Gasteiger partial charge in [-0.15, -0.1) is 12.4 Å². The zero-order valence-electron chi connectivity index (χ0n) is 11.5. The number of nitrogens with zero attached hydrogens (tertiary/aromatic N) is 1. The van der Waals surface area contributed by atoms with Crippen LogP contribution < -0.4 is 11.1 Å². The number of carbonyl (C=O) groups is 2. The molecule has 1 heterocycles. The maximum absolute atomic E-state index is 12.1. The van der Waals surface area contributed by atoms with E-state index >= 15 is 0 Å². The number of hydrogen-bond acceptors (Lipinski definition) is 3. The maximum Gasteiger partial charge on any atom is 0.242 e. The summed E-state index contributed by atoms with van der Waals surface area (Å²) in [6.07, 6.45) is 4.28. The molecule has 3 N–H and O–H groups in total. The van der Waals surface area contributed by atoms with Crippen LogP contribution in [0, 0.1) is 5.92 Å². The van der Waals surface area contributed by atoms with Crippen molar-refractivity contribution in [2.75, 3.05) is 19.6 Å². The fourth-order valence-corrected chi connectivity index (χ4v) is 2.43. The van der Waals surface area contributed by atoms with Gasteiger partial charge in [0.15, 0.2) is 0 Å². The molecule has 0 bridgehead atoms. The predicted molar refractivity (Wildman–Crippen MR) is 76.0 cm³/mol. The summed E-state index contributed by atoms with van der Waals surface area (Å²) < 4.78 is 0. The second-order valence-corrected chi connectivity index (χ2v) is 5.54. The molecule has 5 nitrogen and oxygen atoms in total. The van der Waals surface area contributed by atoms with Crippen LogP contribution in [0.15, 0.2) is 0 Å². The molecule has 1 saturated heterocycles. The number of nitrogens with two attached hydrogens (primary N) is 1. The Morgan fingerprint density at radius 1 is 1.42 bits per heavy atom. The highest BCUT2D eigenvalue weighted by atomic mass is 35.5. The van der Waals surface area contributed by atoms with E-state index in [9.17, 15) is 9.59 Å². The van der Waals surface area contributed by atoms with Crippen molar-refractivity contribution >= 4 is 24.2 Å². The summed E-state index contributed by atoms with van der Waals surface area (Å²) in [5, 5.41) is 2.91. The number of rotatable bonds is 4. The second-order valence-electron chi connectivity index (χ2n) is 5.54. The third kappa shape index (κ3) is 3.83. The summed E-state index contributed by atoms with van der Waals surface area (Å²) in [5.74, 6) is 0.0586. The molecule has 0 aromatic carbocycles. The van der Waals surface area contributed by atoms with Crippen LogP contribution in [0.4, 0.5) is 0 Å². The van der Waals surface area contributed by atoms with Gasteiger partial charge < -0.3 is 16.0 Å². The van der Waals surface area contributed by atoms with E-state index in [4.69, 9.17) is 5.73 Å². The highest BCUT2D eigenvalue weighted by molar-refractivity contribution is 5.90. The summed E-state index contributed by atoms with van der Waals surface area (Å²) in [6, 6.07) is 0. The van der Waals surface area contributed by atoms with Crippen LogP contribution in [0.25, 0.3) is 0 Å². The monoisotopic (exact) mass is 289 g/mol. The Balaban J connectivity index is 0.00000180. The molecule has 1 aliphatic heterocycles. The van der Waals surface area contributed by atoms with Gasteiger partial charge in [-0.1, -0.05) is 6.92 Å². The Bertz CT molecular complexity index is 345. The van der Waals surface area contributed by atoms with Gasteiger partial charge in [-0.2, -0.15) is 0 Å². The first-order chi connectivity index (χ1) is 8.57. The molecule has 2 amide bonds. The van der Waals surface area contributed by atoms with E-state index in [1.807, 2.05) is 6.92 Å². The van der Waals surface area contributed by atoms with Crippen LogP contribution >= 0.6 is 12.4 Å². The largest absolute Gasteiger partial charge is 0.356 e. The number of carbonyl (C=O) groups excluding carboxylic acids is 2. The average molecular weight is 290 g/mol. The molecule has 0 spiro atoms. The molecule has 2 aliphatic rings. The molecule has 0 aromatic rings. The van der Waals surface area contributed by atoms with Crippen molar-refractivity contribution < 1.29 is 9.59 Å². The Morgan fingerprint density at radius 2 is 2.11 bits per heavy atom. The molecule has 0 aromatic heterocycles. The van der Waals surface area contributed by atoms with Gasteiger partial charge in [0.25, 0.3) is 0 Å². The fraction of sp³-hybridized carbons (Fsp3) is 0.846. The lowest BCUT2D eigenvalue weighted by Gasteiger charge is -2.33. The summed E-state index contributed by atoms with van der Waals surface area (Å²) in [5.41, 5.74) is 5.32. The molecule has 6 heteroatoms. The number of amides is 2. The first kappa shape index (κ1) is 16.2. The van der Waals surface area contributed by atoms with Crippen molar-refractivity contribution in [2.24, 2.45) is 11.7 Å². The van der Waals surface area contributed by atoms with Gasteiger partial charge in [0.2, 0.25) is 11.8 Å². The number of nitrogens with one attached hydrogen (secondary N) is 1. The van der Waals surface area contributed by atoms with E-state index in [-0.39, 0.29) is 30.1 Å². The van der Waals surface area contributed by atoms with Gasteiger partial charge in [-0.25, -0.2) is 0 Å². The van der Waals surface area contributed by atoms with Gasteiger partial charge in [0.05, 0.1) is 11.5 Å². The fourth-order valence-electron chi connectivity index (χ4n) is 2.43. The summed E-state index contributed by atoms with van der Waals surface area (Å²) in [6.45, 7) is 4.02.